The molecule has 0 atom stereocenters. The standard InChI is InChI=1S/C12H20O.C2H6/c1-4-5-6-12(11(2)3)7-9-13-10-8-12;1-2/h11H,4,7-10H2,1-3H3;1-2H3. The molecule has 1 nitrogen and oxygen atoms in total. The fourth-order valence-electron chi connectivity index (χ4n) is 1.85. The van der Waals surface area contributed by atoms with Gasteiger partial charge in [-0.25, -0.2) is 0 Å². The lowest BCUT2D eigenvalue weighted by atomic mass is 9.72. The Labute approximate surface area is 95.6 Å². The van der Waals surface area contributed by atoms with E-state index in [9.17, 15) is 0 Å². The predicted molar refractivity (Wildman–Crippen MR) is 66.7 cm³/mol. The third-order valence-electron chi connectivity index (χ3n) is 3.00. The van der Waals surface area contributed by atoms with Gasteiger partial charge in [-0.05, 0) is 18.8 Å². The van der Waals surface area contributed by atoms with Gasteiger partial charge in [0, 0.05) is 25.0 Å². The SMILES string of the molecule is CC.CCC#CC1(C(C)C)CCOCC1. The maximum absolute atomic E-state index is 5.39. The highest BCUT2D eigenvalue weighted by Gasteiger charge is 2.33. The van der Waals surface area contributed by atoms with Crippen molar-refractivity contribution in [2.45, 2.75) is 53.9 Å². The van der Waals surface area contributed by atoms with Crippen LogP contribution >= 0.6 is 0 Å². The molecular weight excluding hydrogens is 184 g/mol. The second kappa shape index (κ2) is 7.77. The summed E-state index contributed by atoms with van der Waals surface area (Å²) in [6.45, 7) is 12.4. The van der Waals surface area contributed by atoms with Crippen LogP contribution in [0.3, 0.4) is 0 Å². The molecular formula is C14H26O. The van der Waals surface area contributed by atoms with Crippen molar-refractivity contribution in [3.05, 3.63) is 0 Å². The Hall–Kier alpha value is -0.480. The van der Waals surface area contributed by atoms with Crippen molar-refractivity contribution in [2.24, 2.45) is 11.3 Å². The molecule has 1 heteroatoms. The van der Waals surface area contributed by atoms with Gasteiger partial charge in [0.15, 0.2) is 0 Å². The molecule has 0 N–H and O–H groups in total. The van der Waals surface area contributed by atoms with Crippen molar-refractivity contribution in [3.8, 4) is 11.8 Å². The molecule has 15 heavy (non-hydrogen) atoms. The Bertz CT molecular complexity index is 201. The summed E-state index contributed by atoms with van der Waals surface area (Å²) < 4.78 is 5.39. The lowest BCUT2D eigenvalue weighted by molar-refractivity contribution is 0.0215. The summed E-state index contributed by atoms with van der Waals surface area (Å²) in [5.74, 6) is 7.34. The molecule has 0 aromatic rings. The fraction of sp³-hybridized carbons (Fsp3) is 0.857. The normalized spacial score (nSPS) is 18.5. The second-order valence-corrected chi connectivity index (χ2v) is 4.08. The first-order chi connectivity index (χ1) is 7.21. The largest absolute Gasteiger partial charge is 0.381 e. The van der Waals surface area contributed by atoms with Gasteiger partial charge in [-0.15, -0.1) is 5.92 Å². The van der Waals surface area contributed by atoms with Gasteiger partial charge < -0.3 is 4.74 Å². The molecule has 0 aromatic carbocycles. The van der Waals surface area contributed by atoms with Crippen LogP contribution in [0, 0.1) is 23.2 Å². The van der Waals surface area contributed by atoms with E-state index in [1.807, 2.05) is 13.8 Å². The van der Waals surface area contributed by atoms with E-state index in [1.54, 1.807) is 0 Å². The van der Waals surface area contributed by atoms with Crippen molar-refractivity contribution in [3.63, 3.8) is 0 Å². The first kappa shape index (κ1) is 14.5. The lowest BCUT2D eigenvalue weighted by Gasteiger charge is -2.36. The molecule has 1 saturated heterocycles. The summed E-state index contributed by atoms with van der Waals surface area (Å²) in [4.78, 5) is 0. The Balaban J connectivity index is 0.000000921. The minimum absolute atomic E-state index is 0.244. The van der Waals surface area contributed by atoms with Crippen LogP contribution in [-0.2, 0) is 4.74 Å². The molecule has 0 bridgehead atoms. The molecule has 0 radical (unpaired) electrons. The van der Waals surface area contributed by atoms with Gasteiger partial charge in [-0.2, -0.15) is 0 Å². The molecule has 1 rings (SSSR count). The van der Waals surface area contributed by atoms with E-state index in [2.05, 4.69) is 32.6 Å². The molecule has 0 aliphatic carbocycles. The molecule has 1 aliphatic rings. The maximum atomic E-state index is 5.39. The van der Waals surface area contributed by atoms with Crippen LogP contribution in [0.4, 0.5) is 0 Å². The van der Waals surface area contributed by atoms with Crippen LogP contribution in [-0.4, -0.2) is 13.2 Å². The van der Waals surface area contributed by atoms with Crippen LogP contribution in [0.5, 0.6) is 0 Å². The first-order valence-corrected chi connectivity index (χ1v) is 6.29. The van der Waals surface area contributed by atoms with E-state index in [4.69, 9.17) is 4.74 Å². The summed E-state index contributed by atoms with van der Waals surface area (Å²) in [5.41, 5.74) is 0.244. The Morgan fingerprint density at radius 3 is 2.13 bits per heavy atom. The van der Waals surface area contributed by atoms with E-state index in [-0.39, 0.29) is 5.41 Å². The highest BCUT2D eigenvalue weighted by molar-refractivity contribution is 5.13. The zero-order chi connectivity index (χ0) is 11.7. The number of ether oxygens (including phenoxy) is 1. The quantitative estimate of drug-likeness (QED) is 0.597. The Morgan fingerprint density at radius 2 is 1.73 bits per heavy atom. The smallest absolute Gasteiger partial charge is 0.0480 e. The highest BCUT2D eigenvalue weighted by Crippen LogP contribution is 2.37. The number of hydrogen-bond donors (Lipinski definition) is 0. The van der Waals surface area contributed by atoms with Crippen molar-refractivity contribution in [2.75, 3.05) is 13.2 Å². The molecule has 1 fully saturated rings. The van der Waals surface area contributed by atoms with E-state index in [0.29, 0.717) is 5.92 Å². The third-order valence-corrected chi connectivity index (χ3v) is 3.00. The summed E-state index contributed by atoms with van der Waals surface area (Å²) in [5, 5.41) is 0. The number of rotatable bonds is 1. The van der Waals surface area contributed by atoms with Gasteiger partial charge in [0.1, 0.15) is 0 Å². The van der Waals surface area contributed by atoms with Crippen LogP contribution < -0.4 is 0 Å². The van der Waals surface area contributed by atoms with Crippen molar-refractivity contribution < 1.29 is 4.74 Å². The minimum atomic E-state index is 0.244. The molecule has 0 unspecified atom stereocenters. The van der Waals surface area contributed by atoms with Crippen molar-refractivity contribution in [1.82, 2.24) is 0 Å². The van der Waals surface area contributed by atoms with Gasteiger partial charge in [0.2, 0.25) is 0 Å². The van der Waals surface area contributed by atoms with E-state index in [0.717, 1.165) is 32.5 Å². The molecule has 88 valence electrons. The third kappa shape index (κ3) is 4.26. The maximum Gasteiger partial charge on any atom is 0.0480 e. The molecule has 0 saturated carbocycles. The van der Waals surface area contributed by atoms with E-state index >= 15 is 0 Å². The van der Waals surface area contributed by atoms with Crippen LogP contribution in [0.2, 0.25) is 0 Å². The summed E-state index contributed by atoms with van der Waals surface area (Å²) >= 11 is 0. The Kier molecular flexibility index (Phi) is 7.52. The van der Waals surface area contributed by atoms with Crippen LogP contribution in [0.1, 0.15) is 53.9 Å². The van der Waals surface area contributed by atoms with Crippen molar-refractivity contribution in [1.29, 1.82) is 0 Å². The van der Waals surface area contributed by atoms with Gasteiger partial charge in [-0.1, -0.05) is 40.5 Å². The molecule has 0 aromatic heterocycles. The average Bonchev–Trinajstić information content (AvgIpc) is 2.30. The van der Waals surface area contributed by atoms with Crippen molar-refractivity contribution >= 4 is 0 Å². The summed E-state index contributed by atoms with van der Waals surface area (Å²) in [6, 6.07) is 0. The average molecular weight is 210 g/mol. The first-order valence-electron chi connectivity index (χ1n) is 6.29. The van der Waals surface area contributed by atoms with Gasteiger partial charge in [0.25, 0.3) is 0 Å². The minimum Gasteiger partial charge on any atom is -0.381 e. The van der Waals surface area contributed by atoms with Gasteiger partial charge >= 0.3 is 0 Å². The fourth-order valence-corrected chi connectivity index (χ4v) is 1.85. The molecule has 1 heterocycles. The predicted octanol–water partition coefficient (Wildman–Crippen LogP) is 3.88. The molecule has 1 aliphatic heterocycles. The van der Waals surface area contributed by atoms with Gasteiger partial charge in [0.05, 0.1) is 0 Å². The number of hydrogen-bond acceptors (Lipinski definition) is 1. The van der Waals surface area contributed by atoms with Crippen LogP contribution in [0.25, 0.3) is 0 Å². The molecule has 0 spiro atoms. The highest BCUT2D eigenvalue weighted by atomic mass is 16.5. The second-order valence-electron chi connectivity index (χ2n) is 4.08. The van der Waals surface area contributed by atoms with E-state index < -0.39 is 0 Å². The Morgan fingerprint density at radius 1 is 1.20 bits per heavy atom. The van der Waals surface area contributed by atoms with Crippen LogP contribution in [0.15, 0.2) is 0 Å². The summed E-state index contributed by atoms with van der Waals surface area (Å²) in [7, 11) is 0. The zero-order valence-corrected chi connectivity index (χ0v) is 11.0. The summed E-state index contributed by atoms with van der Waals surface area (Å²) in [6.07, 6.45) is 3.19. The lowest BCUT2D eigenvalue weighted by Crippen LogP contribution is -2.33. The van der Waals surface area contributed by atoms with Gasteiger partial charge in [-0.3, -0.25) is 0 Å². The topological polar surface area (TPSA) is 9.23 Å². The van der Waals surface area contributed by atoms with E-state index in [1.165, 1.54) is 0 Å². The monoisotopic (exact) mass is 210 g/mol. The zero-order valence-electron chi connectivity index (χ0n) is 11.0. The molecule has 0 amide bonds.